The summed E-state index contributed by atoms with van der Waals surface area (Å²) in [6.07, 6.45) is -15.1. The first-order chi connectivity index (χ1) is 13.2. The molecule has 14 nitrogen and oxygen atoms in total. The van der Waals surface area contributed by atoms with Crippen LogP contribution >= 0.6 is 0 Å². The summed E-state index contributed by atoms with van der Waals surface area (Å²) in [5.74, 6) is -2.31. The van der Waals surface area contributed by atoms with Crippen molar-refractivity contribution >= 4 is 43.9 Å². The maximum absolute atomic E-state index is 10.5. The number of aliphatic hydroxyl groups is 7. The van der Waals surface area contributed by atoms with E-state index in [1.54, 1.807) is 0 Å². The molecule has 0 aromatic rings. The zero-order valence-corrected chi connectivity index (χ0v) is 18.7. The molecular formula is C13H24CaO14Ti. The van der Waals surface area contributed by atoms with Gasteiger partial charge in [0.1, 0.15) is 55.9 Å². The van der Waals surface area contributed by atoms with E-state index < -0.39 is 80.8 Å². The number of aliphatic hydroxyl groups excluding tert-OH is 7. The van der Waals surface area contributed by atoms with E-state index in [2.05, 4.69) is 4.74 Å². The average molecular weight is 492 g/mol. The first-order valence-corrected chi connectivity index (χ1v) is 8.50. The molecule has 0 aliphatic carbocycles. The quantitative estimate of drug-likeness (QED) is 0.128. The zero-order chi connectivity index (χ0) is 21.6. The topological polar surface area (TPSA) is 233 Å². The van der Waals surface area contributed by atoms with Crippen molar-refractivity contribution in [2.45, 2.75) is 54.8 Å². The molecule has 2 aliphatic heterocycles. The predicted molar refractivity (Wildman–Crippen MR) is 84.2 cm³/mol. The molecule has 2 aliphatic rings. The van der Waals surface area contributed by atoms with E-state index in [-0.39, 0.29) is 40.6 Å². The van der Waals surface area contributed by atoms with Crippen LogP contribution in [0.25, 0.3) is 0 Å². The fraction of sp³-hybridized carbons (Fsp3) is 0.923. The standard InChI is InChI=1S/C13H22O13.Ca.O.Ti.2H/c14-1-4-7(17)10(20)13(3-15,25-4)26-11-9(19)8(18)6(16)5(24-11)2-23-12(21)22;;;;;/h4-11,14-20H,1-3H2,(H,21,22);;;;;/q;+2;;;2*-1/t4-,5-,6-,7-,8+,9-,10+,11-,13+;;;;;/m1...../s1. The molecule has 2 saturated heterocycles. The fourth-order valence-corrected chi connectivity index (χ4v) is 2.77. The van der Waals surface area contributed by atoms with E-state index in [1.807, 2.05) is 0 Å². The summed E-state index contributed by atoms with van der Waals surface area (Å²) in [6, 6.07) is 0. The Morgan fingerprint density at radius 3 is 2.03 bits per heavy atom. The molecule has 2 fully saturated rings. The fourth-order valence-electron chi connectivity index (χ4n) is 2.77. The molecule has 0 aromatic carbocycles. The van der Waals surface area contributed by atoms with Crippen LogP contribution in [-0.4, -0.2) is 159 Å². The summed E-state index contributed by atoms with van der Waals surface area (Å²) >= 11 is 0.750. The Kier molecular flexibility index (Phi) is 13.5. The second-order valence-electron chi connectivity index (χ2n) is 5.95. The van der Waals surface area contributed by atoms with Crippen LogP contribution in [-0.2, 0) is 42.7 Å². The number of carbonyl (C=O) groups is 1. The average Bonchev–Trinajstić information content (AvgIpc) is 2.94. The molecule has 2 rings (SSSR count). The van der Waals surface area contributed by atoms with E-state index in [0.29, 0.717) is 0 Å². The van der Waals surface area contributed by atoms with Gasteiger partial charge in [0.15, 0.2) is 6.29 Å². The molecule has 29 heavy (non-hydrogen) atoms. The van der Waals surface area contributed by atoms with Gasteiger partial charge in [-0.2, -0.15) is 0 Å². The molecule has 0 spiro atoms. The Hall–Kier alpha value is 0.644. The zero-order valence-electron chi connectivity index (χ0n) is 17.0. The number of hydrogen-bond donors (Lipinski definition) is 8. The van der Waals surface area contributed by atoms with Crippen molar-refractivity contribution in [3.05, 3.63) is 0 Å². The monoisotopic (exact) mass is 492 g/mol. The van der Waals surface area contributed by atoms with Crippen LogP contribution in [0.3, 0.4) is 0 Å². The first-order valence-electron chi connectivity index (χ1n) is 7.86. The van der Waals surface area contributed by atoms with Gasteiger partial charge in [0.25, 0.3) is 0 Å². The van der Waals surface area contributed by atoms with Gasteiger partial charge in [0, 0.05) is 0 Å². The van der Waals surface area contributed by atoms with Crippen LogP contribution < -0.4 is 0 Å². The Morgan fingerprint density at radius 2 is 1.59 bits per heavy atom. The molecule has 0 bridgehead atoms. The minimum atomic E-state index is -2.31. The molecule has 0 unspecified atom stereocenters. The molecule has 8 N–H and O–H groups in total. The van der Waals surface area contributed by atoms with Crippen LogP contribution in [0, 0.1) is 0 Å². The van der Waals surface area contributed by atoms with Crippen LogP contribution in [0.4, 0.5) is 4.79 Å². The van der Waals surface area contributed by atoms with Crippen molar-refractivity contribution in [2.75, 3.05) is 19.8 Å². The molecule has 0 radical (unpaired) electrons. The Morgan fingerprint density at radius 1 is 1.00 bits per heavy atom. The summed E-state index contributed by atoms with van der Waals surface area (Å²) in [5, 5.41) is 76.7. The van der Waals surface area contributed by atoms with Gasteiger partial charge in [-0.25, -0.2) is 4.79 Å². The van der Waals surface area contributed by atoms with E-state index in [0.717, 1.165) is 20.4 Å². The Balaban J connectivity index is -0.00000152. The van der Waals surface area contributed by atoms with Crippen molar-refractivity contribution in [3.63, 3.8) is 0 Å². The van der Waals surface area contributed by atoms with Gasteiger partial charge in [-0.1, -0.05) is 0 Å². The van der Waals surface area contributed by atoms with Gasteiger partial charge in [0.2, 0.25) is 5.79 Å². The van der Waals surface area contributed by atoms with Crippen LogP contribution in [0.15, 0.2) is 0 Å². The molecule has 2 heterocycles. The van der Waals surface area contributed by atoms with Crippen LogP contribution in [0.2, 0.25) is 0 Å². The maximum atomic E-state index is 10.5. The first kappa shape index (κ1) is 29.6. The van der Waals surface area contributed by atoms with Gasteiger partial charge >= 0.3 is 67.6 Å². The van der Waals surface area contributed by atoms with Crippen molar-refractivity contribution in [2.24, 2.45) is 0 Å². The summed E-state index contributed by atoms with van der Waals surface area (Å²) < 4.78 is 28.0. The molecule has 16 heteroatoms. The summed E-state index contributed by atoms with van der Waals surface area (Å²) in [5.41, 5.74) is 0. The molecular weight excluding hydrogens is 468 g/mol. The van der Waals surface area contributed by atoms with E-state index >= 15 is 0 Å². The van der Waals surface area contributed by atoms with Gasteiger partial charge in [0.05, 0.1) is 6.61 Å². The van der Waals surface area contributed by atoms with E-state index in [9.17, 15) is 35.4 Å². The second kappa shape index (κ2) is 13.3. The second-order valence-corrected chi connectivity index (χ2v) is 5.95. The van der Waals surface area contributed by atoms with Gasteiger partial charge < -0.3 is 62.7 Å². The van der Waals surface area contributed by atoms with Crippen molar-refractivity contribution < 1.29 is 91.2 Å². The van der Waals surface area contributed by atoms with E-state index in [1.165, 1.54) is 0 Å². The van der Waals surface area contributed by atoms with Gasteiger partial charge in [-0.3, -0.25) is 0 Å². The van der Waals surface area contributed by atoms with Crippen LogP contribution in [0.5, 0.6) is 0 Å². The molecule has 0 aromatic heterocycles. The van der Waals surface area contributed by atoms with E-state index in [4.69, 9.17) is 27.7 Å². The Labute approximate surface area is 208 Å². The number of carboxylic acid groups (broad SMARTS) is 1. The summed E-state index contributed by atoms with van der Waals surface area (Å²) in [4.78, 5) is 10.5. The summed E-state index contributed by atoms with van der Waals surface area (Å²) in [7, 11) is 0. The Bertz CT molecular complexity index is 527. The number of hydrogen-bond acceptors (Lipinski definition) is 13. The van der Waals surface area contributed by atoms with Gasteiger partial charge in [-0.05, 0) is 0 Å². The molecule has 9 atom stereocenters. The van der Waals surface area contributed by atoms with Crippen molar-refractivity contribution in [1.82, 2.24) is 0 Å². The molecule has 0 saturated carbocycles. The number of ether oxygens (including phenoxy) is 4. The van der Waals surface area contributed by atoms with Gasteiger partial charge in [-0.15, -0.1) is 0 Å². The minimum absolute atomic E-state index is 0. The third kappa shape index (κ3) is 6.81. The molecule has 166 valence electrons. The summed E-state index contributed by atoms with van der Waals surface area (Å²) in [6.45, 7) is -2.45. The predicted octanol–water partition coefficient (Wildman–Crippen LogP) is -4.97. The SMILES string of the molecule is O=C(O)OC[C@H]1O[C@H](O[C@]2(CO)O[C@H](CO)[C@@H](O)[C@@H]2O)[C@H](O)[C@@H](O)[C@@H]1O.[Ca+2].[H-].[H-].[O]=[Ti]. The van der Waals surface area contributed by atoms with Crippen molar-refractivity contribution in [3.8, 4) is 0 Å². The number of rotatable bonds is 6. The molecule has 0 amide bonds. The van der Waals surface area contributed by atoms with Crippen LogP contribution in [0.1, 0.15) is 2.85 Å². The van der Waals surface area contributed by atoms with Crippen molar-refractivity contribution in [1.29, 1.82) is 0 Å². The third-order valence-corrected chi connectivity index (χ3v) is 4.26. The third-order valence-electron chi connectivity index (χ3n) is 4.26. The normalized spacial score (nSPS) is 41.6.